The van der Waals surface area contributed by atoms with Crippen LogP contribution in [0.15, 0.2) is 0 Å². The number of carbonyl (C=O) groups is 2. The van der Waals surface area contributed by atoms with Crippen molar-refractivity contribution in [1.82, 2.24) is 0 Å². The summed E-state index contributed by atoms with van der Waals surface area (Å²) in [6.45, 7) is 5.45. The molecule has 0 heterocycles. The normalized spacial score (nSPS) is 42.8. The van der Waals surface area contributed by atoms with Crippen LogP contribution < -0.4 is 0 Å². The number of hydrogen-bond donors (Lipinski definition) is 0. The van der Waals surface area contributed by atoms with Crippen molar-refractivity contribution < 1.29 is 9.59 Å². The summed E-state index contributed by atoms with van der Waals surface area (Å²) in [5.41, 5.74) is -1.30. The zero-order valence-electron chi connectivity index (χ0n) is 9.33. The number of nitriles is 1. The van der Waals surface area contributed by atoms with Crippen LogP contribution in [-0.4, -0.2) is 11.6 Å². The molecule has 3 atom stereocenters. The van der Waals surface area contributed by atoms with Crippen LogP contribution in [-0.2, 0) is 9.59 Å². The monoisotopic (exact) mass is 205 g/mol. The molecule has 0 aromatic heterocycles. The Bertz CT molecular complexity index is 391. The Kier molecular flexibility index (Phi) is 1.86. The highest BCUT2D eigenvalue weighted by atomic mass is 16.1. The minimum Gasteiger partial charge on any atom is -0.299 e. The summed E-state index contributed by atoms with van der Waals surface area (Å²) in [5, 5.41) is 9.04. The van der Waals surface area contributed by atoms with Gasteiger partial charge in [0.1, 0.15) is 11.6 Å². The Morgan fingerprint density at radius 2 is 1.93 bits per heavy atom. The number of Topliss-reactive ketones (excluding diaryl/α,β-unsaturated/α-hetero) is 2. The second-order valence-electron chi connectivity index (χ2n) is 5.58. The summed E-state index contributed by atoms with van der Waals surface area (Å²) in [5.74, 6) is -0.261. The van der Waals surface area contributed by atoms with Crippen molar-refractivity contribution in [3.8, 4) is 6.07 Å². The number of rotatable bonds is 0. The van der Waals surface area contributed by atoms with E-state index in [1.54, 1.807) is 6.92 Å². The maximum absolute atomic E-state index is 12.2. The second-order valence-corrected chi connectivity index (χ2v) is 5.58. The van der Waals surface area contributed by atoms with Gasteiger partial charge in [-0.25, -0.2) is 0 Å². The van der Waals surface area contributed by atoms with E-state index in [1.165, 1.54) is 0 Å². The highest BCUT2D eigenvalue weighted by Crippen LogP contribution is 2.56. The highest BCUT2D eigenvalue weighted by Gasteiger charge is 2.62. The Balaban J connectivity index is 2.54. The summed E-state index contributed by atoms with van der Waals surface area (Å²) in [6, 6.07) is 2.19. The van der Waals surface area contributed by atoms with E-state index in [4.69, 9.17) is 5.26 Å². The van der Waals surface area contributed by atoms with Gasteiger partial charge < -0.3 is 0 Å². The molecule has 0 saturated heterocycles. The van der Waals surface area contributed by atoms with E-state index in [0.29, 0.717) is 6.42 Å². The molecule has 3 saturated carbocycles. The van der Waals surface area contributed by atoms with Crippen LogP contribution in [0.4, 0.5) is 0 Å². The van der Waals surface area contributed by atoms with Gasteiger partial charge in [-0.3, -0.25) is 9.59 Å². The maximum atomic E-state index is 12.2. The third-order valence-corrected chi connectivity index (χ3v) is 4.30. The van der Waals surface area contributed by atoms with Gasteiger partial charge in [0.2, 0.25) is 0 Å². The summed E-state index contributed by atoms with van der Waals surface area (Å²) >= 11 is 0. The molecule has 0 amide bonds. The summed E-state index contributed by atoms with van der Waals surface area (Å²) in [4.78, 5) is 24.1. The van der Waals surface area contributed by atoms with Crippen molar-refractivity contribution in [2.24, 2.45) is 22.7 Å². The zero-order valence-corrected chi connectivity index (χ0v) is 9.33. The third-order valence-electron chi connectivity index (χ3n) is 4.30. The van der Waals surface area contributed by atoms with Gasteiger partial charge in [0.25, 0.3) is 0 Å². The van der Waals surface area contributed by atoms with Crippen LogP contribution in [0.2, 0.25) is 0 Å². The SMILES string of the molecule is CC1(C)C(=O)[C@@]2(C)CC(=O)[C@@H]1C[C@@H]2C#N. The molecule has 0 aliphatic heterocycles. The molecule has 3 rings (SSSR count). The van der Waals surface area contributed by atoms with Gasteiger partial charge >= 0.3 is 0 Å². The van der Waals surface area contributed by atoms with E-state index >= 15 is 0 Å². The van der Waals surface area contributed by atoms with Crippen LogP contribution in [0.3, 0.4) is 0 Å². The zero-order chi connectivity index (χ0) is 11.4. The van der Waals surface area contributed by atoms with E-state index < -0.39 is 10.8 Å². The van der Waals surface area contributed by atoms with Crippen molar-refractivity contribution in [2.75, 3.05) is 0 Å². The number of carbonyl (C=O) groups excluding carboxylic acids is 2. The van der Waals surface area contributed by atoms with E-state index in [1.807, 2.05) is 13.8 Å². The average molecular weight is 205 g/mol. The first-order valence-corrected chi connectivity index (χ1v) is 5.31. The molecule has 3 fully saturated rings. The molecule has 3 aliphatic rings. The van der Waals surface area contributed by atoms with Crippen LogP contribution >= 0.6 is 0 Å². The van der Waals surface area contributed by atoms with Gasteiger partial charge in [0.05, 0.1) is 12.0 Å². The quantitative estimate of drug-likeness (QED) is 0.605. The van der Waals surface area contributed by atoms with Crippen molar-refractivity contribution in [2.45, 2.75) is 33.6 Å². The molecule has 3 heteroatoms. The lowest BCUT2D eigenvalue weighted by molar-refractivity contribution is -0.165. The van der Waals surface area contributed by atoms with Crippen LogP contribution in [0.25, 0.3) is 0 Å². The van der Waals surface area contributed by atoms with Gasteiger partial charge in [-0.05, 0) is 6.42 Å². The topological polar surface area (TPSA) is 57.9 Å². The largest absolute Gasteiger partial charge is 0.299 e. The Hall–Kier alpha value is -1.17. The number of ketones is 2. The number of nitrogens with zero attached hydrogens (tertiary/aromatic N) is 1. The molecule has 3 aliphatic carbocycles. The van der Waals surface area contributed by atoms with Crippen molar-refractivity contribution in [3.05, 3.63) is 0 Å². The lowest BCUT2D eigenvalue weighted by Gasteiger charge is -2.53. The molecule has 3 nitrogen and oxygen atoms in total. The van der Waals surface area contributed by atoms with Gasteiger partial charge in [-0.2, -0.15) is 5.26 Å². The molecule has 0 radical (unpaired) electrons. The van der Waals surface area contributed by atoms with Crippen LogP contribution in [0, 0.1) is 34.0 Å². The summed E-state index contributed by atoms with van der Waals surface area (Å²) < 4.78 is 0. The van der Waals surface area contributed by atoms with Gasteiger partial charge in [0.15, 0.2) is 0 Å². The Morgan fingerprint density at radius 1 is 1.33 bits per heavy atom. The molecule has 80 valence electrons. The minimum absolute atomic E-state index is 0.0948. The smallest absolute Gasteiger partial charge is 0.146 e. The molecule has 2 bridgehead atoms. The fourth-order valence-corrected chi connectivity index (χ4v) is 3.26. The van der Waals surface area contributed by atoms with Crippen LogP contribution in [0.1, 0.15) is 33.6 Å². The van der Waals surface area contributed by atoms with Crippen LogP contribution in [0.5, 0.6) is 0 Å². The predicted octanol–water partition coefficient (Wildman–Crippen LogP) is 1.72. The molecular weight excluding hydrogens is 190 g/mol. The van der Waals surface area contributed by atoms with Gasteiger partial charge in [-0.15, -0.1) is 0 Å². The second kappa shape index (κ2) is 2.69. The Labute approximate surface area is 89.5 Å². The third kappa shape index (κ3) is 1.05. The fraction of sp³-hybridized carbons (Fsp3) is 0.750. The standard InChI is InChI=1S/C12H15NO2/c1-11(2)8-4-7(6-13)12(3,10(11)15)5-9(8)14/h7-8H,4-5H2,1-3H3/t7-,8+,12+/m1/s1. The molecule has 0 spiro atoms. The predicted molar refractivity (Wildman–Crippen MR) is 53.7 cm³/mol. The maximum Gasteiger partial charge on any atom is 0.146 e. The summed E-state index contributed by atoms with van der Waals surface area (Å²) in [7, 11) is 0. The van der Waals surface area contributed by atoms with E-state index in [9.17, 15) is 9.59 Å². The number of hydrogen-bond acceptors (Lipinski definition) is 3. The van der Waals surface area contributed by atoms with E-state index in [0.717, 1.165) is 0 Å². The first-order valence-electron chi connectivity index (χ1n) is 5.31. The van der Waals surface area contributed by atoms with Gasteiger partial charge in [0, 0.05) is 23.2 Å². The molecule has 0 aromatic rings. The average Bonchev–Trinajstić information content (AvgIpc) is 2.14. The van der Waals surface area contributed by atoms with Crippen molar-refractivity contribution in [1.29, 1.82) is 5.26 Å². The first-order chi connectivity index (χ1) is 6.84. The Morgan fingerprint density at radius 3 is 2.47 bits per heavy atom. The van der Waals surface area contributed by atoms with Gasteiger partial charge in [-0.1, -0.05) is 20.8 Å². The summed E-state index contributed by atoms with van der Waals surface area (Å²) in [6.07, 6.45) is 0.822. The van der Waals surface area contributed by atoms with E-state index in [-0.39, 0.29) is 29.8 Å². The fourth-order valence-electron chi connectivity index (χ4n) is 3.26. The van der Waals surface area contributed by atoms with E-state index in [2.05, 4.69) is 6.07 Å². The molecule has 0 N–H and O–H groups in total. The lowest BCUT2D eigenvalue weighted by atomic mass is 9.46. The first kappa shape index (κ1) is 10.4. The van der Waals surface area contributed by atoms with Crippen molar-refractivity contribution in [3.63, 3.8) is 0 Å². The molecule has 15 heavy (non-hydrogen) atoms. The molecule has 0 aromatic carbocycles. The highest BCUT2D eigenvalue weighted by molar-refractivity contribution is 6.04. The number of fused-ring (bicyclic) bond motifs is 3. The minimum atomic E-state index is -0.732. The van der Waals surface area contributed by atoms with Crippen molar-refractivity contribution >= 4 is 11.6 Å². The molecular formula is C12H15NO2. The lowest BCUT2D eigenvalue weighted by Crippen LogP contribution is -2.60. The molecule has 0 unspecified atom stereocenters.